The molecule has 5 nitrogen and oxygen atoms in total. The van der Waals surface area contributed by atoms with Crippen molar-refractivity contribution in [2.45, 2.75) is 0 Å². The lowest BCUT2D eigenvalue weighted by Gasteiger charge is -2.07. The number of hydrogen-bond acceptors (Lipinski definition) is 4. The molecule has 0 aliphatic carbocycles. The van der Waals surface area contributed by atoms with Crippen molar-refractivity contribution in [3.63, 3.8) is 0 Å². The first-order chi connectivity index (χ1) is 9.52. The van der Waals surface area contributed by atoms with Gasteiger partial charge in [-0.15, -0.1) is 0 Å². The van der Waals surface area contributed by atoms with Crippen LogP contribution in [0.4, 0.5) is 10.1 Å². The summed E-state index contributed by atoms with van der Waals surface area (Å²) in [4.78, 5) is 23.2. The first-order valence-corrected chi connectivity index (χ1v) is 5.83. The fraction of sp³-hybridized carbons (Fsp3) is 0.0769. The first kappa shape index (κ1) is 14.1. The maximum atomic E-state index is 13.4. The van der Waals surface area contributed by atoms with Crippen LogP contribution < -0.4 is 5.32 Å². The van der Waals surface area contributed by atoms with E-state index < -0.39 is 17.7 Å². The van der Waals surface area contributed by atoms with Crippen molar-refractivity contribution in [3.05, 3.63) is 52.7 Å². The predicted molar refractivity (Wildman–Crippen MR) is 69.4 cm³/mol. The summed E-state index contributed by atoms with van der Waals surface area (Å²) < 4.78 is 22.7. The summed E-state index contributed by atoms with van der Waals surface area (Å²) in [6.45, 7) is 0. The molecule has 1 N–H and O–H groups in total. The molecule has 0 atom stereocenters. The summed E-state index contributed by atoms with van der Waals surface area (Å²) in [5.74, 6) is -2.11. The van der Waals surface area contributed by atoms with Crippen LogP contribution in [0.2, 0.25) is 5.22 Å². The van der Waals surface area contributed by atoms with E-state index in [1.165, 1.54) is 24.5 Å². The van der Waals surface area contributed by atoms with E-state index in [2.05, 4.69) is 10.1 Å². The highest BCUT2D eigenvalue weighted by atomic mass is 35.5. The number of halogens is 2. The van der Waals surface area contributed by atoms with Crippen molar-refractivity contribution in [1.82, 2.24) is 0 Å². The first-order valence-electron chi connectivity index (χ1n) is 5.45. The molecule has 0 aliphatic rings. The van der Waals surface area contributed by atoms with E-state index in [1.807, 2.05) is 0 Å². The zero-order chi connectivity index (χ0) is 14.7. The van der Waals surface area contributed by atoms with Gasteiger partial charge in [-0.1, -0.05) is 0 Å². The number of nitrogens with one attached hydrogen (secondary N) is 1. The summed E-state index contributed by atoms with van der Waals surface area (Å²) >= 11 is 5.67. The van der Waals surface area contributed by atoms with Crippen LogP contribution in [0.5, 0.6) is 0 Å². The average molecular weight is 298 g/mol. The Hall–Kier alpha value is -2.34. The predicted octanol–water partition coefficient (Wildman–Crippen LogP) is 3.11. The Balaban J connectivity index is 2.24. The second-order valence-corrected chi connectivity index (χ2v) is 4.09. The van der Waals surface area contributed by atoms with Crippen LogP contribution in [0, 0.1) is 5.82 Å². The van der Waals surface area contributed by atoms with Gasteiger partial charge in [-0.05, 0) is 35.9 Å². The third-order valence-corrected chi connectivity index (χ3v) is 2.78. The maximum Gasteiger partial charge on any atom is 0.340 e. The lowest BCUT2D eigenvalue weighted by Crippen LogP contribution is -2.13. The van der Waals surface area contributed by atoms with Crippen LogP contribution in [-0.2, 0) is 4.74 Å². The van der Waals surface area contributed by atoms with Gasteiger partial charge >= 0.3 is 5.97 Å². The van der Waals surface area contributed by atoms with Gasteiger partial charge in [0.15, 0.2) is 0 Å². The summed E-state index contributed by atoms with van der Waals surface area (Å²) in [5.41, 5.74) is 0.0910. The van der Waals surface area contributed by atoms with Crippen LogP contribution in [0.15, 0.2) is 34.9 Å². The zero-order valence-electron chi connectivity index (χ0n) is 10.3. The monoisotopic (exact) mass is 297 g/mol. The van der Waals surface area contributed by atoms with Gasteiger partial charge in [-0.2, -0.15) is 0 Å². The number of carbonyl (C=O) groups is 2. The number of carbonyl (C=O) groups excluding carboxylic acids is 2. The van der Waals surface area contributed by atoms with Crippen molar-refractivity contribution in [2.75, 3.05) is 12.4 Å². The Labute approximate surface area is 118 Å². The van der Waals surface area contributed by atoms with Crippen molar-refractivity contribution in [3.8, 4) is 0 Å². The molecule has 104 valence electrons. The zero-order valence-corrected chi connectivity index (χ0v) is 11.0. The molecule has 0 spiro atoms. The number of ether oxygens (including phenoxy) is 1. The molecular weight excluding hydrogens is 289 g/mol. The number of esters is 1. The molecule has 1 aromatic carbocycles. The van der Waals surface area contributed by atoms with Gasteiger partial charge in [0.1, 0.15) is 5.82 Å². The SMILES string of the molecule is COC(=O)c1cc(NC(=O)c2ccoc2Cl)ccc1F. The standard InChI is InChI=1S/C13H9ClFNO4/c1-19-13(18)9-6-7(2-3-10(9)15)16-12(17)8-4-5-20-11(8)14/h2-6H,1H3,(H,16,17). The van der Waals surface area contributed by atoms with Gasteiger partial charge in [-0.3, -0.25) is 4.79 Å². The molecule has 1 aromatic heterocycles. The fourth-order valence-electron chi connectivity index (χ4n) is 1.52. The highest BCUT2D eigenvalue weighted by Crippen LogP contribution is 2.20. The van der Waals surface area contributed by atoms with Crippen LogP contribution in [-0.4, -0.2) is 19.0 Å². The molecule has 0 aliphatic heterocycles. The molecule has 1 amide bonds. The summed E-state index contributed by atoms with van der Waals surface area (Å²) in [7, 11) is 1.14. The average Bonchev–Trinajstić information content (AvgIpc) is 2.86. The lowest BCUT2D eigenvalue weighted by atomic mass is 10.2. The molecule has 0 saturated heterocycles. The van der Waals surface area contributed by atoms with Gasteiger partial charge in [0.25, 0.3) is 5.91 Å². The number of hydrogen-bond donors (Lipinski definition) is 1. The van der Waals surface area contributed by atoms with E-state index >= 15 is 0 Å². The number of rotatable bonds is 3. The van der Waals surface area contributed by atoms with Crippen LogP contribution in [0.25, 0.3) is 0 Å². The molecule has 0 radical (unpaired) electrons. The number of benzene rings is 1. The number of furan rings is 1. The van der Waals surface area contributed by atoms with E-state index in [4.69, 9.17) is 16.0 Å². The topological polar surface area (TPSA) is 68.5 Å². The minimum absolute atomic E-state index is 0.0576. The quantitative estimate of drug-likeness (QED) is 0.884. The molecule has 0 saturated carbocycles. The van der Waals surface area contributed by atoms with Crippen LogP contribution in [0.3, 0.4) is 0 Å². The Bertz CT molecular complexity index is 668. The second-order valence-electron chi connectivity index (χ2n) is 3.75. The second kappa shape index (κ2) is 5.75. The number of methoxy groups -OCH3 is 1. The number of anilines is 1. The van der Waals surface area contributed by atoms with Gasteiger partial charge in [0.2, 0.25) is 5.22 Å². The van der Waals surface area contributed by atoms with Gasteiger partial charge in [0.05, 0.1) is 24.5 Å². The van der Waals surface area contributed by atoms with Crippen LogP contribution in [0.1, 0.15) is 20.7 Å². The Morgan fingerprint density at radius 1 is 1.30 bits per heavy atom. The molecule has 2 rings (SSSR count). The third kappa shape index (κ3) is 2.80. The van der Waals surface area contributed by atoms with Crippen molar-refractivity contribution < 1.29 is 23.1 Å². The van der Waals surface area contributed by atoms with Gasteiger partial charge in [0, 0.05) is 5.69 Å². The molecule has 1 heterocycles. The minimum Gasteiger partial charge on any atom is -0.465 e. The Morgan fingerprint density at radius 3 is 2.65 bits per heavy atom. The van der Waals surface area contributed by atoms with E-state index in [1.54, 1.807) is 0 Å². The van der Waals surface area contributed by atoms with Crippen molar-refractivity contribution in [2.24, 2.45) is 0 Å². The smallest absolute Gasteiger partial charge is 0.340 e. The molecule has 2 aromatic rings. The lowest BCUT2D eigenvalue weighted by molar-refractivity contribution is 0.0595. The molecular formula is C13H9ClFNO4. The summed E-state index contributed by atoms with van der Waals surface area (Å²) in [6.07, 6.45) is 1.27. The summed E-state index contributed by atoms with van der Waals surface area (Å²) in [5, 5.41) is 2.42. The highest BCUT2D eigenvalue weighted by Gasteiger charge is 2.16. The van der Waals surface area contributed by atoms with Crippen molar-refractivity contribution in [1.29, 1.82) is 0 Å². The molecule has 7 heteroatoms. The normalized spacial score (nSPS) is 10.2. The van der Waals surface area contributed by atoms with E-state index in [0.717, 1.165) is 13.2 Å². The van der Waals surface area contributed by atoms with E-state index in [9.17, 15) is 14.0 Å². The van der Waals surface area contributed by atoms with E-state index in [-0.39, 0.29) is 22.0 Å². The van der Waals surface area contributed by atoms with Crippen molar-refractivity contribution >= 4 is 29.2 Å². The molecule has 0 fully saturated rings. The molecule has 0 unspecified atom stereocenters. The third-order valence-electron chi connectivity index (χ3n) is 2.49. The highest BCUT2D eigenvalue weighted by molar-refractivity contribution is 6.32. The largest absolute Gasteiger partial charge is 0.465 e. The molecule has 20 heavy (non-hydrogen) atoms. The van der Waals surface area contributed by atoms with Crippen LogP contribution >= 0.6 is 11.6 Å². The number of amides is 1. The van der Waals surface area contributed by atoms with E-state index in [0.29, 0.717) is 0 Å². The maximum absolute atomic E-state index is 13.4. The molecule has 0 bridgehead atoms. The fourth-order valence-corrected chi connectivity index (χ4v) is 1.72. The Morgan fingerprint density at radius 2 is 2.05 bits per heavy atom. The van der Waals surface area contributed by atoms with Gasteiger partial charge in [-0.25, -0.2) is 9.18 Å². The van der Waals surface area contributed by atoms with Gasteiger partial charge < -0.3 is 14.5 Å². The Kier molecular flexibility index (Phi) is 4.05. The summed E-state index contributed by atoms with van der Waals surface area (Å²) in [6, 6.07) is 4.93. The minimum atomic E-state index is -0.833.